The summed E-state index contributed by atoms with van der Waals surface area (Å²) in [5, 5.41) is 2.54. The van der Waals surface area contributed by atoms with Crippen molar-refractivity contribution in [2.45, 2.75) is 24.8 Å². The molecule has 0 saturated carbocycles. The molecule has 0 unspecified atom stereocenters. The minimum absolute atomic E-state index is 0.293. The van der Waals surface area contributed by atoms with Crippen LogP contribution in [0.3, 0.4) is 0 Å². The van der Waals surface area contributed by atoms with Gasteiger partial charge in [0.2, 0.25) is 0 Å². The number of hydrogen-bond acceptors (Lipinski definition) is 5. The third kappa shape index (κ3) is 3.59. The smallest absolute Gasteiger partial charge is 0.340 e. The van der Waals surface area contributed by atoms with E-state index < -0.39 is 24.0 Å². The summed E-state index contributed by atoms with van der Waals surface area (Å²) in [7, 11) is 0. The second-order valence-corrected chi connectivity index (χ2v) is 6.00. The van der Waals surface area contributed by atoms with Crippen molar-refractivity contribution in [3.8, 4) is 0 Å². The van der Waals surface area contributed by atoms with Crippen LogP contribution in [0.25, 0.3) is 0 Å². The molecule has 0 spiro atoms. The molecule has 0 aromatic heterocycles. The van der Waals surface area contributed by atoms with E-state index in [9.17, 15) is 14.4 Å². The number of rotatable bonds is 5. The summed E-state index contributed by atoms with van der Waals surface area (Å²) in [5.74, 6) is -0.242. The summed E-state index contributed by atoms with van der Waals surface area (Å²) < 4.78 is 5.22. The number of carbonyl (C=O) groups is 3. The van der Waals surface area contributed by atoms with Crippen molar-refractivity contribution in [2.24, 2.45) is 0 Å². The molecule has 0 aliphatic carbocycles. The van der Waals surface area contributed by atoms with Gasteiger partial charge in [0.15, 0.2) is 6.10 Å². The van der Waals surface area contributed by atoms with Gasteiger partial charge in [-0.15, -0.1) is 11.8 Å². The number of benzene rings is 1. The van der Waals surface area contributed by atoms with Crippen LogP contribution in [0.15, 0.2) is 29.2 Å². The SMILES string of the molecule is CCSc1ccccc1C(=O)O[C@@H](C)C(=O)N1CCNC1=O. The van der Waals surface area contributed by atoms with Crippen molar-refractivity contribution in [1.82, 2.24) is 10.2 Å². The molecule has 2 rings (SSSR count). The van der Waals surface area contributed by atoms with Crippen LogP contribution >= 0.6 is 11.8 Å². The van der Waals surface area contributed by atoms with Crippen LogP contribution in [0.2, 0.25) is 0 Å². The zero-order valence-corrected chi connectivity index (χ0v) is 13.3. The van der Waals surface area contributed by atoms with Gasteiger partial charge in [-0.05, 0) is 24.8 Å². The molecule has 7 heteroatoms. The predicted molar refractivity (Wildman–Crippen MR) is 82.8 cm³/mol. The Morgan fingerprint density at radius 1 is 1.41 bits per heavy atom. The van der Waals surface area contributed by atoms with Crippen LogP contribution in [0, 0.1) is 0 Å². The lowest BCUT2D eigenvalue weighted by Gasteiger charge is -2.18. The Labute approximate surface area is 133 Å². The van der Waals surface area contributed by atoms with E-state index in [0.29, 0.717) is 18.7 Å². The van der Waals surface area contributed by atoms with Crippen LogP contribution in [-0.2, 0) is 9.53 Å². The molecule has 6 nitrogen and oxygen atoms in total. The first-order valence-electron chi connectivity index (χ1n) is 7.06. The molecule has 1 aliphatic heterocycles. The van der Waals surface area contributed by atoms with E-state index in [0.717, 1.165) is 15.5 Å². The van der Waals surface area contributed by atoms with Crippen molar-refractivity contribution in [3.63, 3.8) is 0 Å². The highest BCUT2D eigenvalue weighted by Crippen LogP contribution is 2.23. The topological polar surface area (TPSA) is 75.7 Å². The Kier molecular flexibility index (Phi) is 5.43. The molecule has 1 heterocycles. The fraction of sp³-hybridized carbons (Fsp3) is 0.400. The number of carbonyl (C=O) groups excluding carboxylic acids is 3. The average molecular weight is 322 g/mol. The lowest BCUT2D eigenvalue weighted by molar-refractivity contribution is -0.136. The van der Waals surface area contributed by atoms with Gasteiger partial charge in [-0.3, -0.25) is 9.69 Å². The normalized spacial score (nSPS) is 15.4. The van der Waals surface area contributed by atoms with Gasteiger partial charge in [0.25, 0.3) is 5.91 Å². The Hall–Kier alpha value is -2.02. The minimum atomic E-state index is -1.00. The molecule has 1 N–H and O–H groups in total. The Morgan fingerprint density at radius 2 is 2.14 bits per heavy atom. The van der Waals surface area contributed by atoms with Gasteiger partial charge in [0.1, 0.15) is 0 Å². The van der Waals surface area contributed by atoms with E-state index in [-0.39, 0.29) is 0 Å². The second-order valence-electron chi connectivity index (χ2n) is 4.70. The molecule has 22 heavy (non-hydrogen) atoms. The highest BCUT2D eigenvalue weighted by molar-refractivity contribution is 7.99. The highest BCUT2D eigenvalue weighted by atomic mass is 32.2. The first-order valence-corrected chi connectivity index (χ1v) is 8.05. The molecular weight excluding hydrogens is 304 g/mol. The molecule has 1 saturated heterocycles. The molecule has 118 valence electrons. The third-order valence-corrected chi connectivity index (χ3v) is 4.12. The monoisotopic (exact) mass is 322 g/mol. The number of thioether (sulfide) groups is 1. The maximum atomic E-state index is 12.2. The number of amides is 3. The molecule has 1 aliphatic rings. The van der Waals surface area contributed by atoms with Gasteiger partial charge >= 0.3 is 12.0 Å². The van der Waals surface area contributed by atoms with Crippen molar-refractivity contribution in [3.05, 3.63) is 29.8 Å². The summed E-state index contributed by atoms with van der Waals surface area (Å²) >= 11 is 1.53. The first kappa shape index (κ1) is 16.4. The molecular formula is C15H18N2O4S. The lowest BCUT2D eigenvalue weighted by atomic mass is 10.2. The van der Waals surface area contributed by atoms with E-state index in [2.05, 4.69) is 5.32 Å². The lowest BCUT2D eigenvalue weighted by Crippen LogP contribution is -2.41. The second kappa shape index (κ2) is 7.31. The Bertz CT molecular complexity index is 591. The summed E-state index contributed by atoms with van der Waals surface area (Å²) in [6, 6.07) is 6.65. The zero-order chi connectivity index (χ0) is 16.1. The van der Waals surface area contributed by atoms with Crippen molar-refractivity contribution < 1.29 is 19.1 Å². The van der Waals surface area contributed by atoms with E-state index in [1.807, 2.05) is 19.1 Å². The number of nitrogens with zero attached hydrogens (tertiary/aromatic N) is 1. The van der Waals surface area contributed by atoms with Gasteiger partial charge in [-0.2, -0.15) is 0 Å². The molecule has 1 fully saturated rings. The predicted octanol–water partition coefficient (Wildman–Crippen LogP) is 1.90. The van der Waals surface area contributed by atoms with Gasteiger partial charge in [-0.1, -0.05) is 19.1 Å². The number of esters is 1. The zero-order valence-electron chi connectivity index (χ0n) is 12.5. The molecule has 3 amide bonds. The number of ether oxygens (including phenoxy) is 1. The number of hydrogen-bond donors (Lipinski definition) is 1. The average Bonchev–Trinajstić information content (AvgIpc) is 2.93. The maximum absolute atomic E-state index is 12.2. The van der Waals surface area contributed by atoms with Crippen LogP contribution in [0.5, 0.6) is 0 Å². The number of nitrogens with one attached hydrogen (secondary N) is 1. The Morgan fingerprint density at radius 3 is 2.77 bits per heavy atom. The quantitative estimate of drug-likeness (QED) is 0.662. The Balaban J connectivity index is 2.05. The number of urea groups is 1. The largest absolute Gasteiger partial charge is 0.449 e. The maximum Gasteiger partial charge on any atom is 0.340 e. The van der Waals surface area contributed by atoms with Gasteiger partial charge in [0.05, 0.1) is 5.56 Å². The van der Waals surface area contributed by atoms with Crippen LogP contribution in [0.4, 0.5) is 4.79 Å². The fourth-order valence-corrected chi connectivity index (χ4v) is 2.89. The van der Waals surface area contributed by atoms with E-state index in [1.54, 1.807) is 12.1 Å². The van der Waals surface area contributed by atoms with Crippen LogP contribution < -0.4 is 5.32 Å². The molecule has 0 bridgehead atoms. The first-order chi connectivity index (χ1) is 10.5. The minimum Gasteiger partial charge on any atom is -0.449 e. The third-order valence-electron chi connectivity index (χ3n) is 3.16. The van der Waals surface area contributed by atoms with Gasteiger partial charge in [-0.25, -0.2) is 9.59 Å². The summed E-state index contributed by atoms with van der Waals surface area (Å²) in [6.45, 7) is 4.18. The summed E-state index contributed by atoms with van der Waals surface area (Å²) in [4.78, 5) is 37.7. The molecule has 1 atom stereocenters. The summed E-state index contributed by atoms with van der Waals surface area (Å²) in [6.07, 6.45) is -1.00. The standard InChI is InChI=1S/C15H18N2O4S/c1-3-22-12-7-5-4-6-11(12)14(19)21-10(2)13(18)17-9-8-16-15(17)20/h4-7,10H,3,8-9H2,1-2H3,(H,16,20)/t10-/m0/s1. The van der Waals surface area contributed by atoms with Crippen molar-refractivity contribution >= 4 is 29.7 Å². The van der Waals surface area contributed by atoms with E-state index in [1.165, 1.54) is 18.7 Å². The summed E-state index contributed by atoms with van der Waals surface area (Å²) in [5.41, 5.74) is 0.430. The van der Waals surface area contributed by atoms with Crippen LogP contribution in [0.1, 0.15) is 24.2 Å². The van der Waals surface area contributed by atoms with Crippen LogP contribution in [-0.4, -0.2) is 47.8 Å². The fourth-order valence-electron chi connectivity index (χ4n) is 2.09. The van der Waals surface area contributed by atoms with Gasteiger partial charge < -0.3 is 10.1 Å². The van der Waals surface area contributed by atoms with E-state index in [4.69, 9.17) is 4.74 Å². The molecule has 1 aromatic carbocycles. The van der Waals surface area contributed by atoms with E-state index >= 15 is 0 Å². The van der Waals surface area contributed by atoms with Crippen molar-refractivity contribution in [2.75, 3.05) is 18.8 Å². The molecule has 1 aromatic rings. The van der Waals surface area contributed by atoms with Crippen molar-refractivity contribution in [1.29, 1.82) is 0 Å². The molecule has 0 radical (unpaired) electrons. The highest BCUT2D eigenvalue weighted by Gasteiger charge is 2.32. The number of imide groups is 1. The van der Waals surface area contributed by atoms with Gasteiger partial charge in [0, 0.05) is 18.0 Å².